The Labute approximate surface area is 199 Å². The maximum atomic E-state index is 15.0. The van der Waals surface area contributed by atoms with Crippen molar-refractivity contribution in [1.29, 1.82) is 0 Å². The molecule has 0 saturated heterocycles. The first kappa shape index (κ1) is 23.6. The lowest BCUT2D eigenvalue weighted by Crippen LogP contribution is -2.10. The zero-order valence-corrected chi connectivity index (χ0v) is 20.3. The van der Waals surface area contributed by atoms with Crippen LogP contribution in [0, 0.1) is 23.6 Å². The van der Waals surface area contributed by atoms with Gasteiger partial charge in [-0.15, -0.1) is 0 Å². The van der Waals surface area contributed by atoms with Crippen LogP contribution in [0.25, 0.3) is 10.8 Å². The molecule has 33 heavy (non-hydrogen) atoms. The monoisotopic (exact) mass is 440 g/mol. The predicted octanol–water partition coefficient (Wildman–Crippen LogP) is 9.19. The van der Waals surface area contributed by atoms with Crippen molar-refractivity contribution in [2.75, 3.05) is 0 Å². The van der Waals surface area contributed by atoms with Gasteiger partial charge in [0.05, 0.1) is 0 Å². The van der Waals surface area contributed by atoms with E-state index in [2.05, 4.69) is 50.0 Å². The second-order valence-electron chi connectivity index (χ2n) is 9.97. The van der Waals surface area contributed by atoms with Crippen LogP contribution in [0.2, 0.25) is 0 Å². The molecule has 1 aliphatic carbocycles. The van der Waals surface area contributed by atoms with Crippen molar-refractivity contribution in [3.63, 3.8) is 0 Å². The number of unbranched alkanes of at least 4 members (excludes halogenated alkanes) is 4. The molecule has 3 aromatic carbocycles. The third-order valence-corrected chi connectivity index (χ3v) is 7.33. The fraction of sp³-hybridized carbons (Fsp3) is 0.438. The van der Waals surface area contributed by atoms with E-state index in [1.165, 1.54) is 56.9 Å². The molecule has 0 radical (unpaired) electrons. The van der Waals surface area contributed by atoms with E-state index in [0.717, 1.165) is 40.8 Å². The van der Waals surface area contributed by atoms with Gasteiger partial charge in [-0.25, -0.2) is 4.39 Å². The van der Waals surface area contributed by atoms with Gasteiger partial charge in [-0.05, 0) is 78.3 Å². The second-order valence-corrected chi connectivity index (χ2v) is 9.97. The standard InChI is InChI=1S/C32H37F/c1-3-4-5-6-7-8-29-20-21-30-23-26(15-22-31(30)32(29)33)12-11-25-13-18-28(19-14-25)27-16-9-24(2)10-17-27/h13-15,18-24,27H,3-10,16-17H2,1-2H3. The summed E-state index contributed by atoms with van der Waals surface area (Å²) in [4.78, 5) is 0. The summed E-state index contributed by atoms with van der Waals surface area (Å²) in [5.41, 5.74) is 4.26. The number of rotatable bonds is 7. The largest absolute Gasteiger partial charge is 0.206 e. The highest BCUT2D eigenvalue weighted by Crippen LogP contribution is 2.35. The molecule has 0 spiro atoms. The molecule has 1 aliphatic rings. The third-order valence-electron chi connectivity index (χ3n) is 7.33. The van der Waals surface area contributed by atoms with Crippen LogP contribution >= 0.6 is 0 Å². The maximum absolute atomic E-state index is 15.0. The molecular weight excluding hydrogens is 403 g/mol. The molecule has 4 rings (SSSR count). The quantitative estimate of drug-likeness (QED) is 0.254. The number of benzene rings is 3. The fourth-order valence-electron chi connectivity index (χ4n) is 5.10. The summed E-state index contributed by atoms with van der Waals surface area (Å²) in [6, 6.07) is 18.7. The number of aryl methyl sites for hydroxylation is 1. The Balaban J connectivity index is 1.41. The van der Waals surface area contributed by atoms with Crippen molar-refractivity contribution in [3.8, 4) is 11.8 Å². The van der Waals surface area contributed by atoms with Gasteiger partial charge >= 0.3 is 0 Å². The molecule has 0 unspecified atom stereocenters. The Bertz CT molecular complexity index is 1100. The smallest absolute Gasteiger partial charge is 0.134 e. The summed E-state index contributed by atoms with van der Waals surface area (Å²) in [7, 11) is 0. The number of hydrogen-bond acceptors (Lipinski definition) is 0. The van der Waals surface area contributed by atoms with E-state index in [0.29, 0.717) is 11.3 Å². The number of hydrogen-bond donors (Lipinski definition) is 0. The maximum Gasteiger partial charge on any atom is 0.134 e. The zero-order valence-electron chi connectivity index (χ0n) is 20.3. The minimum absolute atomic E-state index is 0.0600. The molecule has 0 nitrogen and oxygen atoms in total. The summed E-state index contributed by atoms with van der Waals surface area (Å²) in [6.45, 7) is 4.58. The summed E-state index contributed by atoms with van der Waals surface area (Å²) >= 11 is 0. The highest BCUT2D eigenvalue weighted by atomic mass is 19.1. The highest BCUT2D eigenvalue weighted by Gasteiger charge is 2.19. The van der Waals surface area contributed by atoms with Crippen molar-refractivity contribution in [2.45, 2.75) is 84.0 Å². The Morgan fingerprint density at radius 1 is 0.788 bits per heavy atom. The van der Waals surface area contributed by atoms with Crippen LogP contribution in [0.1, 0.15) is 99.8 Å². The van der Waals surface area contributed by atoms with Gasteiger partial charge in [0, 0.05) is 16.5 Å². The van der Waals surface area contributed by atoms with Crippen molar-refractivity contribution in [3.05, 3.63) is 82.7 Å². The third kappa shape index (κ3) is 6.26. The van der Waals surface area contributed by atoms with Gasteiger partial charge in [0.2, 0.25) is 0 Å². The van der Waals surface area contributed by atoms with Gasteiger partial charge in [-0.3, -0.25) is 0 Å². The number of halogens is 1. The van der Waals surface area contributed by atoms with Gasteiger partial charge in [0.1, 0.15) is 5.82 Å². The second kappa shape index (κ2) is 11.5. The minimum Gasteiger partial charge on any atom is -0.206 e. The lowest BCUT2D eigenvalue weighted by atomic mass is 9.79. The topological polar surface area (TPSA) is 0 Å². The van der Waals surface area contributed by atoms with Crippen molar-refractivity contribution in [2.24, 2.45) is 5.92 Å². The molecule has 0 aliphatic heterocycles. The molecule has 0 aromatic heterocycles. The van der Waals surface area contributed by atoms with E-state index in [1.807, 2.05) is 30.3 Å². The summed E-state index contributed by atoms with van der Waals surface area (Å²) in [5.74, 6) is 8.09. The van der Waals surface area contributed by atoms with Gasteiger partial charge < -0.3 is 0 Å². The normalized spacial score (nSPS) is 18.2. The minimum atomic E-state index is -0.0600. The summed E-state index contributed by atoms with van der Waals surface area (Å²) in [6.07, 6.45) is 12.1. The van der Waals surface area contributed by atoms with Crippen molar-refractivity contribution < 1.29 is 4.39 Å². The molecule has 172 valence electrons. The lowest BCUT2D eigenvalue weighted by molar-refractivity contribution is 0.348. The molecule has 0 amide bonds. The van der Waals surface area contributed by atoms with Crippen molar-refractivity contribution >= 4 is 10.8 Å². The molecule has 1 heteroatoms. The molecule has 0 bridgehead atoms. The SMILES string of the molecule is CCCCCCCc1ccc2cc(C#Cc3ccc(C4CCC(C)CC4)cc3)ccc2c1F. The summed E-state index contributed by atoms with van der Waals surface area (Å²) in [5, 5.41) is 1.63. The van der Waals surface area contributed by atoms with E-state index in [4.69, 9.17) is 0 Å². The Morgan fingerprint density at radius 3 is 2.24 bits per heavy atom. The van der Waals surface area contributed by atoms with E-state index in [-0.39, 0.29) is 5.82 Å². The average Bonchev–Trinajstić information content (AvgIpc) is 2.85. The van der Waals surface area contributed by atoms with Crippen LogP contribution in [-0.2, 0) is 6.42 Å². The van der Waals surface area contributed by atoms with Crippen LogP contribution in [-0.4, -0.2) is 0 Å². The zero-order chi connectivity index (χ0) is 23.0. The van der Waals surface area contributed by atoms with Gasteiger partial charge in [-0.2, -0.15) is 0 Å². The molecule has 1 saturated carbocycles. The van der Waals surface area contributed by atoms with E-state index < -0.39 is 0 Å². The Kier molecular flexibility index (Phi) is 8.22. The summed E-state index contributed by atoms with van der Waals surface area (Å²) < 4.78 is 15.0. The van der Waals surface area contributed by atoms with Crippen LogP contribution in [0.3, 0.4) is 0 Å². The first-order valence-electron chi connectivity index (χ1n) is 13.0. The van der Waals surface area contributed by atoms with E-state index in [1.54, 1.807) is 0 Å². The first-order valence-corrected chi connectivity index (χ1v) is 13.0. The van der Waals surface area contributed by atoms with Crippen LogP contribution in [0.15, 0.2) is 54.6 Å². The van der Waals surface area contributed by atoms with Crippen LogP contribution in [0.5, 0.6) is 0 Å². The molecule has 3 aromatic rings. The Morgan fingerprint density at radius 2 is 1.48 bits per heavy atom. The van der Waals surface area contributed by atoms with Gasteiger partial charge in [-0.1, -0.05) is 94.5 Å². The van der Waals surface area contributed by atoms with E-state index >= 15 is 4.39 Å². The molecule has 0 N–H and O–H groups in total. The molecule has 0 heterocycles. The van der Waals surface area contributed by atoms with Crippen LogP contribution < -0.4 is 0 Å². The lowest BCUT2D eigenvalue weighted by Gasteiger charge is -2.26. The highest BCUT2D eigenvalue weighted by molar-refractivity contribution is 5.85. The molecule has 1 fully saturated rings. The van der Waals surface area contributed by atoms with Crippen molar-refractivity contribution in [1.82, 2.24) is 0 Å². The molecular formula is C32H37F. The fourth-order valence-corrected chi connectivity index (χ4v) is 5.10. The molecule has 0 atom stereocenters. The van der Waals surface area contributed by atoms with Gasteiger partial charge in [0.15, 0.2) is 0 Å². The van der Waals surface area contributed by atoms with Gasteiger partial charge in [0.25, 0.3) is 0 Å². The predicted molar refractivity (Wildman–Crippen MR) is 139 cm³/mol. The average molecular weight is 441 g/mol. The number of fused-ring (bicyclic) bond motifs is 1. The Hall–Kier alpha value is -2.59. The van der Waals surface area contributed by atoms with E-state index in [9.17, 15) is 0 Å². The van der Waals surface area contributed by atoms with Crippen LogP contribution in [0.4, 0.5) is 4.39 Å². The first-order chi connectivity index (χ1) is 16.1.